The maximum atomic E-state index is 9.79. The Morgan fingerprint density at radius 1 is 0.941 bits per heavy atom. The summed E-state index contributed by atoms with van der Waals surface area (Å²) >= 11 is 0. The molecule has 0 aliphatic heterocycles. The molecule has 0 heterocycles. The molecule has 0 spiro atoms. The molecule has 1 atom stereocenters. The lowest BCUT2D eigenvalue weighted by molar-refractivity contribution is -0.143. The van der Waals surface area contributed by atoms with Crippen LogP contribution in [0.2, 0.25) is 0 Å². The van der Waals surface area contributed by atoms with Crippen LogP contribution in [0.5, 0.6) is 0 Å². The SMILES string of the molecule is CCC=CCCC(O)CCC(OCC)OCC. The fourth-order valence-corrected chi connectivity index (χ4v) is 1.63. The van der Waals surface area contributed by atoms with Crippen molar-refractivity contribution in [1.82, 2.24) is 0 Å². The van der Waals surface area contributed by atoms with Gasteiger partial charge in [0.25, 0.3) is 0 Å². The minimum absolute atomic E-state index is 0.161. The summed E-state index contributed by atoms with van der Waals surface area (Å²) < 4.78 is 10.9. The monoisotopic (exact) mass is 244 g/mol. The Labute approximate surface area is 106 Å². The molecule has 0 aromatic heterocycles. The average molecular weight is 244 g/mol. The summed E-state index contributed by atoms with van der Waals surface area (Å²) in [7, 11) is 0. The van der Waals surface area contributed by atoms with Crippen LogP contribution >= 0.6 is 0 Å². The van der Waals surface area contributed by atoms with Gasteiger partial charge in [0.2, 0.25) is 0 Å². The van der Waals surface area contributed by atoms with Crippen LogP contribution in [0.3, 0.4) is 0 Å². The molecule has 0 fully saturated rings. The van der Waals surface area contributed by atoms with Crippen LogP contribution < -0.4 is 0 Å². The highest BCUT2D eigenvalue weighted by Gasteiger charge is 2.11. The molecule has 0 rings (SSSR count). The Morgan fingerprint density at radius 3 is 2.12 bits per heavy atom. The zero-order valence-corrected chi connectivity index (χ0v) is 11.5. The van der Waals surface area contributed by atoms with E-state index in [2.05, 4.69) is 19.1 Å². The van der Waals surface area contributed by atoms with Gasteiger partial charge in [-0.3, -0.25) is 0 Å². The fraction of sp³-hybridized carbons (Fsp3) is 0.857. The third-order valence-corrected chi connectivity index (χ3v) is 2.51. The molecule has 3 heteroatoms. The number of aliphatic hydroxyl groups excluding tert-OH is 1. The molecule has 0 aromatic carbocycles. The molecule has 3 nitrogen and oxygen atoms in total. The lowest BCUT2D eigenvalue weighted by atomic mass is 10.1. The molecule has 0 radical (unpaired) electrons. The first-order valence-electron chi connectivity index (χ1n) is 6.80. The number of hydrogen-bond acceptors (Lipinski definition) is 3. The first kappa shape index (κ1) is 16.6. The van der Waals surface area contributed by atoms with E-state index in [-0.39, 0.29) is 12.4 Å². The van der Waals surface area contributed by atoms with E-state index in [1.165, 1.54) is 0 Å². The van der Waals surface area contributed by atoms with Crippen molar-refractivity contribution in [2.75, 3.05) is 13.2 Å². The second-order valence-electron chi connectivity index (χ2n) is 4.03. The van der Waals surface area contributed by atoms with Crippen molar-refractivity contribution in [3.05, 3.63) is 12.2 Å². The van der Waals surface area contributed by atoms with Gasteiger partial charge in [0.05, 0.1) is 6.10 Å². The molecule has 102 valence electrons. The quantitative estimate of drug-likeness (QED) is 0.448. The maximum absolute atomic E-state index is 9.79. The van der Waals surface area contributed by atoms with Gasteiger partial charge in [0.1, 0.15) is 0 Å². The number of ether oxygens (including phenoxy) is 2. The topological polar surface area (TPSA) is 38.7 Å². The third kappa shape index (κ3) is 10.5. The van der Waals surface area contributed by atoms with Crippen molar-refractivity contribution >= 4 is 0 Å². The van der Waals surface area contributed by atoms with Crippen LogP contribution in [0.4, 0.5) is 0 Å². The van der Waals surface area contributed by atoms with E-state index < -0.39 is 0 Å². The lowest BCUT2D eigenvalue weighted by Crippen LogP contribution is -2.20. The summed E-state index contributed by atoms with van der Waals surface area (Å²) in [4.78, 5) is 0. The molecule has 0 amide bonds. The Bertz CT molecular complexity index is 174. The van der Waals surface area contributed by atoms with Crippen LogP contribution in [-0.2, 0) is 9.47 Å². The van der Waals surface area contributed by atoms with Gasteiger partial charge < -0.3 is 14.6 Å². The number of aliphatic hydroxyl groups is 1. The zero-order chi connectivity index (χ0) is 12.9. The van der Waals surface area contributed by atoms with Crippen LogP contribution in [0, 0.1) is 0 Å². The normalized spacial score (nSPS) is 13.7. The molecular formula is C14H28O3. The van der Waals surface area contributed by atoms with Crippen LogP contribution in [0.15, 0.2) is 12.2 Å². The minimum atomic E-state index is -0.250. The Hall–Kier alpha value is -0.380. The molecule has 1 unspecified atom stereocenters. The van der Waals surface area contributed by atoms with Gasteiger partial charge in [0, 0.05) is 19.6 Å². The Balaban J connectivity index is 3.63. The van der Waals surface area contributed by atoms with Crippen LogP contribution in [-0.4, -0.2) is 30.7 Å². The number of hydrogen-bond donors (Lipinski definition) is 1. The van der Waals surface area contributed by atoms with E-state index in [1.54, 1.807) is 0 Å². The summed E-state index contributed by atoms with van der Waals surface area (Å²) in [6, 6.07) is 0. The first-order chi connectivity index (χ1) is 8.24. The maximum Gasteiger partial charge on any atom is 0.157 e. The van der Waals surface area contributed by atoms with E-state index in [9.17, 15) is 5.11 Å². The summed E-state index contributed by atoms with van der Waals surface area (Å²) in [6.07, 6.45) is 8.19. The van der Waals surface area contributed by atoms with E-state index >= 15 is 0 Å². The largest absolute Gasteiger partial charge is 0.393 e. The molecule has 17 heavy (non-hydrogen) atoms. The van der Waals surface area contributed by atoms with Crippen molar-refractivity contribution in [2.24, 2.45) is 0 Å². The van der Waals surface area contributed by atoms with Gasteiger partial charge in [-0.25, -0.2) is 0 Å². The van der Waals surface area contributed by atoms with Gasteiger partial charge in [0.15, 0.2) is 6.29 Å². The van der Waals surface area contributed by atoms with Crippen LogP contribution in [0.1, 0.15) is 52.9 Å². The third-order valence-electron chi connectivity index (χ3n) is 2.51. The van der Waals surface area contributed by atoms with Gasteiger partial charge in [-0.15, -0.1) is 0 Å². The molecule has 0 aliphatic rings. The average Bonchev–Trinajstić information content (AvgIpc) is 2.32. The van der Waals surface area contributed by atoms with E-state index in [4.69, 9.17) is 9.47 Å². The summed E-state index contributed by atoms with van der Waals surface area (Å²) in [6.45, 7) is 7.33. The van der Waals surface area contributed by atoms with E-state index in [0.29, 0.717) is 13.2 Å². The standard InChI is InChI=1S/C14H28O3/c1-4-7-8-9-10-13(15)11-12-14(16-5-2)17-6-3/h7-8,13-15H,4-6,9-12H2,1-3H3. The highest BCUT2D eigenvalue weighted by atomic mass is 16.7. The minimum Gasteiger partial charge on any atom is -0.393 e. The number of allylic oxidation sites excluding steroid dienone is 2. The smallest absolute Gasteiger partial charge is 0.157 e. The van der Waals surface area contributed by atoms with Gasteiger partial charge in [-0.05, 0) is 39.5 Å². The molecule has 0 saturated carbocycles. The second-order valence-corrected chi connectivity index (χ2v) is 4.03. The van der Waals surface area contributed by atoms with E-state index in [0.717, 1.165) is 32.1 Å². The van der Waals surface area contributed by atoms with Crippen molar-refractivity contribution in [3.63, 3.8) is 0 Å². The predicted octanol–water partition coefficient (Wildman–Crippen LogP) is 3.27. The molecule has 0 saturated heterocycles. The van der Waals surface area contributed by atoms with Gasteiger partial charge in [-0.2, -0.15) is 0 Å². The Kier molecular flexibility index (Phi) is 11.8. The highest BCUT2D eigenvalue weighted by molar-refractivity contribution is 4.80. The van der Waals surface area contributed by atoms with Gasteiger partial charge in [-0.1, -0.05) is 19.1 Å². The molecule has 1 N–H and O–H groups in total. The second kappa shape index (κ2) is 12.1. The predicted molar refractivity (Wildman–Crippen MR) is 70.9 cm³/mol. The van der Waals surface area contributed by atoms with Crippen molar-refractivity contribution in [3.8, 4) is 0 Å². The zero-order valence-electron chi connectivity index (χ0n) is 11.5. The van der Waals surface area contributed by atoms with Crippen molar-refractivity contribution in [2.45, 2.75) is 65.3 Å². The Morgan fingerprint density at radius 2 is 1.59 bits per heavy atom. The lowest BCUT2D eigenvalue weighted by Gasteiger charge is -2.18. The molecule has 0 aliphatic carbocycles. The highest BCUT2D eigenvalue weighted by Crippen LogP contribution is 2.11. The summed E-state index contributed by atoms with van der Waals surface area (Å²) in [5.41, 5.74) is 0. The summed E-state index contributed by atoms with van der Waals surface area (Å²) in [5, 5.41) is 9.79. The van der Waals surface area contributed by atoms with Crippen molar-refractivity contribution < 1.29 is 14.6 Å². The molecule has 0 bridgehead atoms. The van der Waals surface area contributed by atoms with E-state index in [1.807, 2.05) is 13.8 Å². The summed E-state index contributed by atoms with van der Waals surface area (Å²) in [5.74, 6) is 0. The molecular weight excluding hydrogens is 216 g/mol. The van der Waals surface area contributed by atoms with Gasteiger partial charge >= 0.3 is 0 Å². The fourth-order valence-electron chi connectivity index (χ4n) is 1.63. The number of rotatable bonds is 11. The van der Waals surface area contributed by atoms with Crippen molar-refractivity contribution in [1.29, 1.82) is 0 Å². The first-order valence-corrected chi connectivity index (χ1v) is 6.80. The molecule has 0 aromatic rings. The van der Waals surface area contributed by atoms with Crippen LogP contribution in [0.25, 0.3) is 0 Å².